The van der Waals surface area contributed by atoms with Crippen LogP contribution >= 0.6 is 0 Å². The van der Waals surface area contributed by atoms with Crippen LogP contribution in [0, 0.1) is 18.2 Å². The van der Waals surface area contributed by atoms with Gasteiger partial charge in [-0.1, -0.05) is 0 Å². The number of nitrogens with one attached hydrogen (secondary N) is 1. The molecule has 13 heteroatoms. The number of alkyl halides is 6. The average Bonchev–Trinajstić information content (AvgIpc) is 3.41. The molecule has 0 atom stereocenters. The number of halogens is 7. The van der Waals surface area contributed by atoms with Crippen LogP contribution in [0.1, 0.15) is 48.8 Å². The maximum absolute atomic E-state index is 13.6. The van der Waals surface area contributed by atoms with Crippen LogP contribution in [0.2, 0.25) is 0 Å². The molecule has 3 fully saturated rings. The van der Waals surface area contributed by atoms with E-state index in [2.05, 4.69) is 25.1 Å². The summed E-state index contributed by atoms with van der Waals surface area (Å²) in [4.78, 5) is 13.2. The lowest BCUT2D eigenvalue weighted by atomic mass is 9.79. The molecule has 0 radical (unpaired) electrons. The van der Waals surface area contributed by atoms with Gasteiger partial charge in [0.1, 0.15) is 24.1 Å². The summed E-state index contributed by atoms with van der Waals surface area (Å²) in [5.74, 6) is -0.00392. The Morgan fingerprint density at radius 2 is 1.55 bits per heavy atom. The van der Waals surface area contributed by atoms with Crippen molar-refractivity contribution in [3.05, 3.63) is 71.3 Å². The molecule has 2 aliphatic heterocycles. The molecule has 1 spiro atoms. The second-order valence-corrected chi connectivity index (χ2v) is 12.1. The van der Waals surface area contributed by atoms with Crippen LogP contribution in [-0.4, -0.2) is 48.3 Å². The van der Waals surface area contributed by atoms with Crippen molar-refractivity contribution in [2.75, 3.05) is 41.3 Å². The first kappa shape index (κ1) is 30.3. The second kappa shape index (κ2) is 11.3. The van der Waals surface area contributed by atoms with Gasteiger partial charge in [-0.3, -0.25) is 0 Å². The van der Waals surface area contributed by atoms with Crippen molar-refractivity contribution in [3.8, 4) is 5.88 Å². The summed E-state index contributed by atoms with van der Waals surface area (Å²) in [5.41, 5.74) is -0.0526. The zero-order chi connectivity index (χ0) is 31.3. The molecule has 0 amide bonds. The summed E-state index contributed by atoms with van der Waals surface area (Å²) in [5, 5.41) is 3.10. The Hall–Kier alpha value is -3.77. The lowest BCUT2D eigenvalue weighted by Gasteiger charge is -2.49. The number of hydrogen-bond donors (Lipinski definition) is 1. The van der Waals surface area contributed by atoms with Crippen molar-refractivity contribution >= 4 is 17.2 Å². The molecule has 6 nitrogen and oxygen atoms in total. The van der Waals surface area contributed by atoms with Crippen LogP contribution < -0.4 is 19.9 Å². The van der Waals surface area contributed by atoms with Gasteiger partial charge in [-0.15, -0.1) is 0 Å². The zero-order valence-electron chi connectivity index (χ0n) is 24.0. The van der Waals surface area contributed by atoms with Crippen LogP contribution in [0.4, 0.5) is 47.9 Å². The molecule has 1 aliphatic carbocycles. The summed E-state index contributed by atoms with van der Waals surface area (Å²) >= 11 is 0. The number of nitrogens with zero attached hydrogens (tertiary/aromatic N) is 4. The Labute approximate surface area is 250 Å². The van der Waals surface area contributed by atoms with Gasteiger partial charge in [0, 0.05) is 49.0 Å². The van der Waals surface area contributed by atoms with Crippen molar-refractivity contribution < 1.29 is 35.5 Å². The fourth-order valence-electron chi connectivity index (χ4n) is 6.60. The largest absolute Gasteiger partial charge is 0.474 e. The highest BCUT2D eigenvalue weighted by atomic mass is 19.4. The van der Waals surface area contributed by atoms with Crippen molar-refractivity contribution in [2.45, 2.75) is 63.5 Å². The van der Waals surface area contributed by atoms with Crippen molar-refractivity contribution in [3.63, 3.8) is 0 Å². The molecule has 1 aromatic heterocycles. The summed E-state index contributed by atoms with van der Waals surface area (Å²) in [6, 6.07) is 8.21. The van der Waals surface area contributed by atoms with E-state index in [0.29, 0.717) is 31.6 Å². The molecular formula is C31H32F7N5O. The van der Waals surface area contributed by atoms with E-state index in [-0.39, 0.29) is 23.2 Å². The molecule has 1 saturated carbocycles. The van der Waals surface area contributed by atoms with E-state index in [1.807, 2.05) is 6.92 Å². The normalized spacial score (nSPS) is 21.8. The van der Waals surface area contributed by atoms with E-state index in [9.17, 15) is 30.7 Å². The Morgan fingerprint density at radius 1 is 0.864 bits per heavy atom. The molecule has 1 N–H and O–H groups in total. The van der Waals surface area contributed by atoms with Crippen LogP contribution in [-0.2, 0) is 12.4 Å². The maximum Gasteiger partial charge on any atom is 0.419 e. The lowest BCUT2D eigenvalue weighted by Crippen LogP contribution is -2.58. The van der Waals surface area contributed by atoms with Crippen molar-refractivity contribution in [1.82, 2.24) is 9.97 Å². The molecule has 2 saturated heterocycles. The van der Waals surface area contributed by atoms with Crippen molar-refractivity contribution in [2.24, 2.45) is 5.41 Å². The number of ether oxygens (including phenoxy) is 1. The van der Waals surface area contributed by atoms with E-state index >= 15 is 0 Å². The highest BCUT2D eigenvalue weighted by Gasteiger charge is 2.48. The third kappa shape index (κ3) is 6.23. The standard InChI is InChI=1S/C31H32F7N5O/c1-19-27(43-16-29(17-43)12-13-42(15-29)23-7-2-20(3-8-23)30(33,34)35)39-18-40-28(19)44-24-9-4-21(5-10-24)41-22-6-11-26(32)25(14-22)31(36,37)38/h2-3,6-8,11,14,18,21,24,41H,4-5,9-10,12-13,15-17H2,1H3. The molecule has 0 bridgehead atoms. The molecule has 3 heterocycles. The first-order chi connectivity index (χ1) is 20.8. The fourth-order valence-corrected chi connectivity index (χ4v) is 6.60. The first-order valence-corrected chi connectivity index (χ1v) is 14.6. The second-order valence-electron chi connectivity index (χ2n) is 12.1. The SMILES string of the molecule is Cc1c(OC2CCC(Nc3ccc(F)c(C(F)(F)F)c3)CC2)ncnc1N1CC2(CCN(c3ccc(C(F)(F)F)cc3)C2)C1. The van der Waals surface area contributed by atoms with Gasteiger partial charge in [0.15, 0.2) is 0 Å². The molecule has 3 aliphatic rings. The van der Waals surface area contributed by atoms with E-state index in [0.717, 1.165) is 73.9 Å². The number of benzene rings is 2. The minimum atomic E-state index is -4.76. The van der Waals surface area contributed by atoms with Gasteiger partial charge in [-0.2, -0.15) is 26.3 Å². The Kier molecular flexibility index (Phi) is 7.77. The quantitative estimate of drug-likeness (QED) is 0.288. The van der Waals surface area contributed by atoms with E-state index < -0.39 is 29.3 Å². The number of anilines is 3. The highest BCUT2D eigenvalue weighted by molar-refractivity contribution is 5.55. The van der Waals surface area contributed by atoms with Crippen LogP contribution in [0.5, 0.6) is 5.88 Å². The highest BCUT2D eigenvalue weighted by Crippen LogP contribution is 2.44. The van der Waals surface area contributed by atoms with Crippen molar-refractivity contribution in [1.29, 1.82) is 0 Å². The summed E-state index contributed by atoms with van der Waals surface area (Å²) in [7, 11) is 0. The summed E-state index contributed by atoms with van der Waals surface area (Å²) < 4.78 is 97.9. The third-order valence-electron chi connectivity index (χ3n) is 8.96. The van der Waals surface area contributed by atoms with E-state index in [1.165, 1.54) is 24.5 Å². The predicted octanol–water partition coefficient (Wildman–Crippen LogP) is 7.48. The maximum atomic E-state index is 13.6. The van der Waals surface area contributed by atoms with Gasteiger partial charge < -0.3 is 19.9 Å². The van der Waals surface area contributed by atoms with Gasteiger partial charge >= 0.3 is 12.4 Å². The summed E-state index contributed by atoms with van der Waals surface area (Å²) in [6.07, 6.45) is -4.11. The van der Waals surface area contributed by atoms with Crippen LogP contribution in [0.15, 0.2) is 48.8 Å². The van der Waals surface area contributed by atoms with Crippen LogP contribution in [0.3, 0.4) is 0 Å². The fraction of sp³-hybridized carbons (Fsp3) is 0.484. The van der Waals surface area contributed by atoms with E-state index in [1.54, 1.807) is 0 Å². The Morgan fingerprint density at radius 3 is 2.20 bits per heavy atom. The van der Waals surface area contributed by atoms with Gasteiger partial charge in [-0.05, 0) is 81.5 Å². The zero-order valence-corrected chi connectivity index (χ0v) is 24.0. The molecule has 0 unspecified atom stereocenters. The van der Waals surface area contributed by atoms with Gasteiger partial charge in [0.05, 0.1) is 16.7 Å². The Balaban J connectivity index is 1.01. The van der Waals surface area contributed by atoms with Gasteiger partial charge in [0.25, 0.3) is 0 Å². The number of rotatable bonds is 6. The molecule has 6 rings (SSSR count). The Bertz CT molecular complexity index is 1480. The topological polar surface area (TPSA) is 53.5 Å². The third-order valence-corrected chi connectivity index (χ3v) is 8.96. The minimum absolute atomic E-state index is 0.0396. The molecule has 3 aromatic rings. The average molecular weight is 624 g/mol. The monoisotopic (exact) mass is 623 g/mol. The van der Waals surface area contributed by atoms with Gasteiger partial charge in [0.2, 0.25) is 5.88 Å². The summed E-state index contributed by atoms with van der Waals surface area (Å²) in [6.45, 7) is 5.00. The van der Waals surface area contributed by atoms with Gasteiger partial charge in [-0.25, -0.2) is 14.4 Å². The molecule has 2 aromatic carbocycles. The molecular weight excluding hydrogens is 591 g/mol. The molecule has 236 valence electrons. The number of hydrogen-bond acceptors (Lipinski definition) is 6. The number of aromatic nitrogens is 2. The first-order valence-electron chi connectivity index (χ1n) is 14.6. The minimum Gasteiger partial charge on any atom is -0.474 e. The molecule has 44 heavy (non-hydrogen) atoms. The smallest absolute Gasteiger partial charge is 0.419 e. The van der Waals surface area contributed by atoms with Crippen LogP contribution in [0.25, 0.3) is 0 Å². The predicted molar refractivity (Wildman–Crippen MR) is 151 cm³/mol. The van der Waals surface area contributed by atoms with E-state index in [4.69, 9.17) is 4.74 Å². The lowest BCUT2D eigenvalue weighted by molar-refractivity contribution is -0.140.